The summed E-state index contributed by atoms with van der Waals surface area (Å²) in [5.41, 5.74) is 4.51. The molecule has 166 valence electrons. The SMILES string of the molecule is CS[C@H]1O[C@@H](c2ccc(C3CC3)c(Cc3ccc4c(c3)OCCO4)c2)[C@H](I)[C@@H](O)[C@@H]1O. The number of aliphatic hydroxyl groups is 2. The van der Waals surface area contributed by atoms with Crippen molar-refractivity contribution in [2.24, 2.45) is 0 Å². The van der Waals surface area contributed by atoms with Crippen LogP contribution in [0.1, 0.15) is 47.1 Å². The van der Waals surface area contributed by atoms with Gasteiger partial charge < -0.3 is 24.4 Å². The maximum absolute atomic E-state index is 10.6. The summed E-state index contributed by atoms with van der Waals surface area (Å²) >= 11 is 3.64. The van der Waals surface area contributed by atoms with E-state index in [1.165, 1.54) is 41.3 Å². The number of thioether (sulfide) groups is 1. The van der Waals surface area contributed by atoms with Crippen LogP contribution < -0.4 is 9.47 Å². The lowest BCUT2D eigenvalue weighted by Gasteiger charge is -2.40. The van der Waals surface area contributed by atoms with Crippen molar-refractivity contribution in [3.05, 3.63) is 58.7 Å². The van der Waals surface area contributed by atoms with E-state index in [2.05, 4.69) is 52.9 Å². The van der Waals surface area contributed by atoms with Crippen LogP contribution in [0.5, 0.6) is 11.5 Å². The molecule has 3 aliphatic rings. The molecule has 1 saturated heterocycles. The number of alkyl halides is 1. The third-order valence-corrected chi connectivity index (χ3v) is 8.52. The van der Waals surface area contributed by atoms with Crippen LogP contribution in [0.15, 0.2) is 36.4 Å². The Bertz CT molecular complexity index is 948. The molecule has 31 heavy (non-hydrogen) atoms. The lowest BCUT2D eigenvalue weighted by atomic mass is 9.91. The van der Waals surface area contributed by atoms with Crippen molar-refractivity contribution in [1.82, 2.24) is 0 Å². The fourth-order valence-electron chi connectivity index (χ4n) is 4.45. The zero-order chi connectivity index (χ0) is 21.5. The average molecular weight is 554 g/mol. The number of rotatable bonds is 5. The zero-order valence-electron chi connectivity index (χ0n) is 17.4. The number of ether oxygens (including phenoxy) is 3. The third kappa shape index (κ3) is 4.44. The summed E-state index contributed by atoms with van der Waals surface area (Å²) in [4.78, 5) is 0. The molecule has 2 heterocycles. The van der Waals surface area contributed by atoms with Gasteiger partial charge in [-0.05, 0) is 65.8 Å². The molecular weight excluding hydrogens is 527 g/mol. The highest BCUT2D eigenvalue weighted by Gasteiger charge is 2.43. The van der Waals surface area contributed by atoms with Crippen molar-refractivity contribution < 1.29 is 24.4 Å². The summed E-state index contributed by atoms with van der Waals surface area (Å²) in [6.07, 6.45) is 3.23. The molecule has 0 radical (unpaired) electrons. The van der Waals surface area contributed by atoms with Crippen molar-refractivity contribution in [2.75, 3.05) is 19.5 Å². The highest BCUT2D eigenvalue weighted by molar-refractivity contribution is 14.1. The highest BCUT2D eigenvalue weighted by atomic mass is 127. The monoisotopic (exact) mass is 554 g/mol. The number of halogens is 1. The first-order valence-corrected chi connectivity index (χ1v) is 13.3. The van der Waals surface area contributed by atoms with Crippen LogP contribution in [-0.2, 0) is 11.2 Å². The third-order valence-electron chi connectivity index (χ3n) is 6.27. The molecule has 5 atom stereocenters. The lowest BCUT2D eigenvalue weighted by molar-refractivity contribution is -0.128. The van der Waals surface area contributed by atoms with Crippen molar-refractivity contribution in [3.8, 4) is 11.5 Å². The quantitative estimate of drug-likeness (QED) is 0.427. The van der Waals surface area contributed by atoms with Crippen molar-refractivity contribution in [1.29, 1.82) is 0 Å². The van der Waals surface area contributed by atoms with Crippen molar-refractivity contribution in [2.45, 2.75) is 52.9 Å². The Morgan fingerprint density at radius 3 is 2.52 bits per heavy atom. The summed E-state index contributed by atoms with van der Waals surface area (Å²) in [6, 6.07) is 12.8. The van der Waals surface area contributed by atoms with Gasteiger partial charge in [-0.15, -0.1) is 11.8 Å². The Morgan fingerprint density at radius 2 is 1.77 bits per heavy atom. The number of aliphatic hydroxyl groups excluding tert-OH is 2. The molecule has 2 aliphatic heterocycles. The molecule has 0 spiro atoms. The van der Waals surface area contributed by atoms with Crippen LogP contribution in [0, 0.1) is 0 Å². The standard InChI is InChI=1S/C24H27IO5S/c1-31-24-22(27)21(26)20(25)23(30-24)15-5-6-17(14-3-4-14)16(12-15)10-13-2-7-18-19(11-13)29-9-8-28-18/h2,5-7,11-12,14,20-24,26-27H,3-4,8-10H2,1H3/t20-,21-,22+,23+,24-/m1/s1. The minimum Gasteiger partial charge on any atom is -0.486 e. The largest absolute Gasteiger partial charge is 0.486 e. The van der Waals surface area contributed by atoms with Gasteiger partial charge in [0.05, 0.1) is 16.1 Å². The molecule has 1 aliphatic carbocycles. The Labute approximate surface area is 200 Å². The van der Waals surface area contributed by atoms with Crippen LogP contribution in [0.2, 0.25) is 0 Å². The molecule has 0 bridgehead atoms. The molecular formula is C24H27IO5S. The van der Waals surface area contributed by atoms with Gasteiger partial charge in [0.1, 0.15) is 24.8 Å². The smallest absolute Gasteiger partial charge is 0.161 e. The van der Waals surface area contributed by atoms with E-state index in [1.54, 1.807) is 0 Å². The fourth-order valence-corrected chi connectivity index (χ4v) is 6.13. The van der Waals surface area contributed by atoms with E-state index in [1.807, 2.05) is 12.3 Å². The van der Waals surface area contributed by atoms with Gasteiger partial charge in [-0.25, -0.2) is 0 Å². The second-order valence-corrected chi connectivity index (χ2v) is 10.8. The molecule has 2 fully saturated rings. The maximum atomic E-state index is 10.6. The second kappa shape index (κ2) is 9.09. The number of hydrogen-bond acceptors (Lipinski definition) is 6. The second-order valence-electron chi connectivity index (χ2n) is 8.47. The molecule has 2 N–H and O–H groups in total. The van der Waals surface area contributed by atoms with E-state index in [4.69, 9.17) is 14.2 Å². The minimum absolute atomic E-state index is 0.218. The van der Waals surface area contributed by atoms with E-state index in [0.717, 1.165) is 23.5 Å². The van der Waals surface area contributed by atoms with Crippen LogP contribution >= 0.6 is 34.4 Å². The molecule has 1 saturated carbocycles. The first kappa shape index (κ1) is 21.8. The molecule has 2 aromatic rings. The van der Waals surface area contributed by atoms with Crippen molar-refractivity contribution in [3.63, 3.8) is 0 Å². The van der Waals surface area contributed by atoms with E-state index >= 15 is 0 Å². The van der Waals surface area contributed by atoms with Crippen LogP contribution in [0.25, 0.3) is 0 Å². The first-order valence-electron chi connectivity index (χ1n) is 10.7. The Balaban J connectivity index is 1.45. The highest BCUT2D eigenvalue weighted by Crippen LogP contribution is 2.45. The molecule has 7 heteroatoms. The van der Waals surface area contributed by atoms with Gasteiger partial charge in [-0.2, -0.15) is 0 Å². The molecule has 5 nitrogen and oxygen atoms in total. The first-order chi connectivity index (χ1) is 15.0. The lowest BCUT2D eigenvalue weighted by Crippen LogP contribution is -2.50. The van der Waals surface area contributed by atoms with Crippen LogP contribution in [0.3, 0.4) is 0 Å². The molecule has 0 amide bonds. The van der Waals surface area contributed by atoms with Gasteiger partial charge in [0.25, 0.3) is 0 Å². The maximum Gasteiger partial charge on any atom is 0.161 e. The molecule has 2 aromatic carbocycles. The Hall–Kier alpha value is -1.00. The summed E-state index contributed by atoms with van der Waals surface area (Å²) < 4.78 is 17.4. The van der Waals surface area contributed by atoms with Gasteiger partial charge in [-0.1, -0.05) is 46.9 Å². The van der Waals surface area contributed by atoms with Gasteiger partial charge in [0.2, 0.25) is 0 Å². The zero-order valence-corrected chi connectivity index (χ0v) is 20.3. The molecule has 5 rings (SSSR count). The van der Waals surface area contributed by atoms with Crippen molar-refractivity contribution >= 4 is 34.4 Å². The van der Waals surface area contributed by atoms with E-state index < -0.39 is 17.6 Å². The predicted molar refractivity (Wildman–Crippen MR) is 130 cm³/mol. The van der Waals surface area contributed by atoms with Crippen LogP contribution in [-0.4, -0.2) is 51.3 Å². The summed E-state index contributed by atoms with van der Waals surface area (Å²) in [7, 11) is 0. The van der Waals surface area contributed by atoms with Gasteiger partial charge in [0, 0.05) is 0 Å². The van der Waals surface area contributed by atoms with Gasteiger partial charge in [0.15, 0.2) is 11.5 Å². The summed E-state index contributed by atoms with van der Waals surface area (Å²) in [6.45, 7) is 1.18. The Morgan fingerprint density at radius 1 is 1.00 bits per heavy atom. The topological polar surface area (TPSA) is 68.2 Å². The summed E-state index contributed by atoms with van der Waals surface area (Å²) in [5.74, 6) is 2.26. The number of benzene rings is 2. The van der Waals surface area contributed by atoms with Crippen LogP contribution in [0.4, 0.5) is 0 Å². The van der Waals surface area contributed by atoms with E-state index in [9.17, 15) is 10.2 Å². The normalized spacial score (nSPS) is 30.3. The molecule has 0 unspecified atom stereocenters. The molecule has 0 aromatic heterocycles. The minimum atomic E-state index is -0.879. The average Bonchev–Trinajstić information content (AvgIpc) is 3.63. The fraction of sp³-hybridized carbons (Fsp3) is 0.500. The summed E-state index contributed by atoms with van der Waals surface area (Å²) in [5, 5.41) is 20.9. The van der Waals surface area contributed by atoms with E-state index in [0.29, 0.717) is 19.1 Å². The van der Waals surface area contributed by atoms with Gasteiger partial charge in [-0.3, -0.25) is 0 Å². The predicted octanol–water partition coefficient (Wildman–Crippen LogP) is 4.21. The number of fused-ring (bicyclic) bond motifs is 1. The Kier molecular flexibility index (Phi) is 6.40. The van der Waals surface area contributed by atoms with Gasteiger partial charge >= 0.3 is 0 Å². The van der Waals surface area contributed by atoms with E-state index in [-0.39, 0.29) is 10.0 Å². The number of hydrogen-bond donors (Lipinski definition) is 2.